The highest BCUT2D eigenvalue weighted by atomic mass is 16.5. The lowest BCUT2D eigenvalue weighted by Crippen LogP contribution is -2.51. The highest BCUT2D eigenvalue weighted by Gasteiger charge is 2.32. The molecule has 0 fully saturated rings. The quantitative estimate of drug-likeness (QED) is 0.0725. The second kappa shape index (κ2) is 26.7. The van der Waals surface area contributed by atoms with Crippen LogP contribution in [0.5, 0.6) is 0 Å². The van der Waals surface area contributed by atoms with Crippen LogP contribution >= 0.6 is 0 Å². The molecule has 5 heteroatoms. The monoisotopic (exact) mass is 621 g/mol. The maximum atomic E-state index is 12.9. The van der Waals surface area contributed by atoms with E-state index >= 15 is 0 Å². The molecule has 3 atom stereocenters. The molecule has 2 aromatic rings. The minimum atomic E-state index is -0.769. The molecule has 1 amide bonds. The van der Waals surface area contributed by atoms with Crippen molar-refractivity contribution in [2.24, 2.45) is 0 Å². The maximum Gasteiger partial charge on any atom is 0.220 e. The van der Waals surface area contributed by atoms with Crippen molar-refractivity contribution in [3.05, 3.63) is 71.8 Å². The smallest absolute Gasteiger partial charge is 0.220 e. The van der Waals surface area contributed by atoms with Crippen LogP contribution in [0.25, 0.3) is 0 Å². The number of unbranched alkanes of at least 4 members (excludes halogenated alkanes) is 15. The van der Waals surface area contributed by atoms with Gasteiger partial charge in [0.05, 0.1) is 19.3 Å². The fraction of sp³-hybridized carbons (Fsp3) is 0.650. The molecule has 2 aromatic carbocycles. The molecule has 0 saturated heterocycles. The lowest BCUT2D eigenvalue weighted by molar-refractivity contribution is -0.135. The molecular formula is C40H63NO4. The second-order valence-electron chi connectivity index (χ2n) is 12.7. The third-order valence-corrected chi connectivity index (χ3v) is 8.64. The summed E-state index contributed by atoms with van der Waals surface area (Å²) in [5.74, 6) is -0.0934. The van der Waals surface area contributed by atoms with E-state index in [4.69, 9.17) is 9.47 Å². The van der Waals surface area contributed by atoms with E-state index in [9.17, 15) is 9.59 Å². The zero-order valence-electron chi connectivity index (χ0n) is 28.6. The molecule has 5 nitrogen and oxygen atoms in total. The first-order chi connectivity index (χ1) is 22.2. The highest BCUT2D eigenvalue weighted by molar-refractivity contribution is 5.79. The Bertz CT molecular complexity index is 967. The third kappa shape index (κ3) is 18.9. The largest absolute Gasteiger partial charge is 0.371 e. The van der Waals surface area contributed by atoms with Gasteiger partial charge in [0.1, 0.15) is 18.4 Å². The van der Waals surface area contributed by atoms with Crippen molar-refractivity contribution in [2.45, 2.75) is 167 Å². The predicted octanol–water partition coefficient (Wildman–Crippen LogP) is 10.3. The summed E-state index contributed by atoms with van der Waals surface area (Å²) in [7, 11) is 0. The normalized spacial score (nSPS) is 13.3. The number of ether oxygens (including phenoxy) is 2. The molecule has 0 spiro atoms. The number of nitrogens with one attached hydrogen (secondary N) is 1. The van der Waals surface area contributed by atoms with Gasteiger partial charge in [0, 0.05) is 6.42 Å². The van der Waals surface area contributed by atoms with E-state index < -0.39 is 12.1 Å². The molecule has 0 aliphatic carbocycles. The average molecular weight is 622 g/mol. The van der Waals surface area contributed by atoms with Crippen LogP contribution in [0, 0.1) is 0 Å². The Morgan fingerprint density at radius 1 is 0.622 bits per heavy atom. The van der Waals surface area contributed by atoms with Crippen molar-refractivity contribution >= 4 is 12.2 Å². The number of benzene rings is 2. The van der Waals surface area contributed by atoms with Gasteiger partial charge >= 0.3 is 0 Å². The number of rotatable bonds is 29. The molecule has 0 bridgehead atoms. The first-order valence-electron chi connectivity index (χ1n) is 18.2. The SMILES string of the molecule is CCCCCCCCCCCCCC[C@@H](OCc1ccccc1)[C@@H](OCc1ccccc1)[C@@H](C=O)NC(=O)CCCCCCC. The lowest BCUT2D eigenvalue weighted by atomic mass is 9.98. The summed E-state index contributed by atoms with van der Waals surface area (Å²) in [4.78, 5) is 25.4. The van der Waals surface area contributed by atoms with Crippen molar-refractivity contribution in [2.75, 3.05) is 0 Å². The van der Waals surface area contributed by atoms with E-state index in [0.29, 0.717) is 19.6 Å². The van der Waals surface area contributed by atoms with Crippen LogP contribution in [0.1, 0.15) is 147 Å². The summed E-state index contributed by atoms with van der Waals surface area (Å²) in [5, 5.41) is 3.01. The van der Waals surface area contributed by atoms with E-state index in [0.717, 1.165) is 55.9 Å². The van der Waals surface area contributed by atoms with E-state index in [1.165, 1.54) is 77.0 Å². The summed E-state index contributed by atoms with van der Waals surface area (Å²) < 4.78 is 13.0. The van der Waals surface area contributed by atoms with Gasteiger partial charge < -0.3 is 19.6 Å². The zero-order valence-corrected chi connectivity index (χ0v) is 28.6. The Morgan fingerprint density at radius 3 is 1.56 bits per heavy atom. The minimum absolute atomic E-state index is 0.0934. The van der Waals surface area contributed by atoms with Gasteiger partial charge in [-0.1, -0.05) is 177 Å². The Kier molecular flexibility index (Phi) is 22.9. The van der Waals surface area contributed by atoms with Crippen molar-refractivity contribution in [1.82, 2.24) is 5.32 Å². The van der Waals surface area contributed by atoms with Crippen LogP contribution in [-0.4, -0.2) is 30.4 Å². The van der Waals surface area contributed by atoms with E-state index in [1.54, 1.807) is 0 Å². The van der Waals surface area contributed by atoms with Crippen molar-refractivity contribution in [3.63, 3.8) is 0 Å². The van der Waals surface area contributed by atoms with E-state index in [-0.39, 0.29) is 12.0 Å². The topological polar surface area (TPSA) is 64.6 Å². The van der Waals surface area contributed by atoms with Crippen LogP contribution in [0.4, 0.5) is 0 Å². The third-order valence-electron chi connectivity index (χ3n) is 8.64. The van der Waals surface area contributed by atoms with Gasteiger partial charge in [-0.15, -0.1) is 0 Å². The number of carbonyl (C=O) groups is 2. The fourth-order valence-corrected chi connectivity index (χ4v) is 5.86. The fourth-order valence-electron chi connectivity index (χ4n) is 5.86. The van der Waals surface area contributed by atoms with Crippen LogP contribution in [-0.2, 0) is 32.3 Å². The van der Waals surface area contributed by atoms with Gasteiger partial charge in [-0.25, -0.2) is 0 Å². The molecular weight excluding hydrogens is 558 g/mol. The van der Waals surface area contributed by atoms with Gasteiger partial charge in [-0.05, 0) is 24.0 Å². The molecule has 1 N–H and O–H groups in total. The van der Waals surface area contributed by atoms with Crippen LogP contribution < -0.4 is 5.32 Å². The molecule has 0 saturated carbocycles. The standard InChI is InChI=1S/C40H63NO4/c1-3-5-7-9-10-11-12-13-14-15-17-24-30-38(44-33-35-26-20-18-21-27-35)40(45-34-36-28-22-19-23-29-36)37(32-42)41-39(43)31-25-16-8-6-4-2/h18-23,26-29,32,37-38,40H,3-17,24-25,30-31,33-34H2,1-2H3,(H,41,43)/t37-,38-,40+/m1/s1. The molecule has 0 heterocycles. The summed E-state index contributed by atoms with van der Waals surface area (Å²) in [6.07, 6.45) is 21.9. The summed E-state index contributed by atoms with van der Waals surface area (Å²) >= 11 is 0. The number of carbonyl (C=O) groups excluding carboxylic acids is 2. The minimum Gasteiger partial charge on any atom is -0.371 e. The number of hydrogen-bond donors (Lipinski definition) is 1. The van der Waals surface area contributed by atoms with Crippen molar-refractivity contribution in [3.8, 4) is 0 Å². The maximum absolute atomic E-state index is 12.9. The molecule has 0 aliphatic heterocycles. The molecule has 252 valence electrons. The number of hydrogen-bond acceptors (Lipinski definition) is 4. The molecule has 2 rings (SSSR count). The van der Waals surface area contributed by atoms with Gasteiger partial charge in [0.25, 0.3) is 0 Å². The van der Waals surface area contributed by atoms with Crippen LogP contribution in [0.2, 0.25) is 0 Å². The summed E-state index contributed by atoms with van der Waals surface area (Å²) in [6.45, 7) is 5.24. The summed E-state index contributed by atoms with van der Waals surface area (Å²) in [5.41, 5.74) is 2.11. The molecule has 0 radical (unpaired) electrons. The lowest BCUT2D eigenvalue weighted by Gasteiger charge is -2.32. The molecule has 0 aromatic heterocycles. The molecule has 45 heavy (non-hydrogen) atoms. The van der Waals surface area contributed by atoms with Crippen molar-refractivity contribution in [1.29, 1.82) is 0 Å². The second-order valence-corrected chi connectivity index (χ2v) is 12.7. The van der Waals surface area contributed by atoms with Crippen LogP contribution in [0.3, 0.4) is 0 Å². The molecule has 0 aliphatic rings. The van der Waals surface area contributed by atoms with Gasteiger partial charge in [0.15, 0.2) is 0 Å². The Labute approximate surface area is 275 Å². The van der Waals surface area contributed by atoms with Gasteiger partial charge in [0.2, 0.25) is 5.91 Å². The Balaban J connectivity index is 2.00. The number of aldehydes is 1. The first-order valence-corrected chi connectivity index (χ1v) is 18.2. The predicted molar refractivity (Wildman–Crippen MR) is 187 cm³/mol. The van der Waals surface area contributed by atoms with Gasteiger partial charge in [-0.3, -0.25) is 4.79 Å². The van der Waals surface area contributed by atoms with Crippen LogP contribution in [0.15, 0.2) is 60.7 Å². The summed E-state index contributed by atoms with van der Waals surface area (Å²) in [6, 6.07) is 19.4. The average Bonchev–Trinajstić information content (AvgIpc) is 3.07. The van der Waals surface area contributed by atoms with Crippen molar-refractivity contribution < 1.29 is 19.1 Å². The highest BCUT2D eigenvalue weighted by Crippen LogP contribution is 2.21. The number of amides is 1. The molecule has 0 unspecified atom stereocenters. The Hall–Kier alpha value is -2.50. The first kappa shape index (κ1) is 38.7. The zero-order chi connectivity index (χ0) is 32.2. The van der Waals surface area contributed by atoms with E-state index in [1.807, 2.05) is 48.5 Å². The Morgan fingerprint density at radius 2 is 1.07 bits per heavy atom. The van der Waals surface area contributed by atoms with Gasteiger partial charge in [-0.2, -0.15) is 0 Å². The van der Waals surface area contributed by atoms with E-state index in [2.05, 4.69) is 31.3 Å².